The van der Waals surface area contributed by atoms with Crippen LogP contribution in [-0.2, 0) is 23.3 Å². The van der Waals surface area contributed by atoms with Crippen molar-refractivity contribution in [3.05, 3.63) is 16.4 Å². The van der Waals surface area contributed by atoms with Gasteiger partial charge in [0.15, 0.2) is 9.84 Å². The lowest BCUT2D eigenvalue weighted by atomic mass is 9.87. The number of hydrogen-bond acceptors (Lipinski definition) is 4. The van der Waals surface area contributed by atoms with Crippen LogP contribution in [0.3, 0.4) is 0 Å². The minimum Gasteiger partial charge on any atom is -0.317 e. The Morgan fingerprint density at radius 1 is 1.52 bits per heavy atom. The summed E-state index contributed by atoms with van der Waals surface area (Å²) in [4.78, 5) is 0. The molecule has 7 heteroatoms. The lowest BCUT2D eigenvalue weighted by Gasteiger charge is -2.23. The molecule has 1 aliphatic rings. The predicted octanol–water partition coefficient (Wildman–Crippen LogP) is 1.58. The van der Waals surface area contributed by atoms with Crippen molar-refractivity contribution in [3.63, 3.8) is 0 Å². The van der Waals surface area contributed by atoms with E-state index in [4.69, 9.17) is 11.6 Å². The molecule has 0 saturated carbocycles. The fourth-order valence-electron chi connectivity index (χ4n) is 3.08. The van der Waals surface area contributed by atoms with Crippen molar-refractivity contribution in [2.75, 3.05) is 24.6 Å². The highest BCUT2D eigenvalue weighted by Crippen LogP contribution is 2.30. The maximum Gasteiger partial charge on any atom is 0.150 e. The number of aromatic nitrogens is 2. The van der Waals surface area contributed by atoms with Crippen molar-refractivity contribution >= 4 is 21.4 Å². The lowest BCUT2D eigenvalue weighted by Crippen LogP contribution is -2.31. The molecule has 0 spiro atoms. The van der Waals surface area contributed by atoms with Gasteiger partial charge in [-0.2, -0.15) is 5.10 Å². The van der Waals surface area contributed by atoms with Gasteiger partial charge in [-0.1, -0.05) is 18.5 Å². The van der Waals surface area contributed by atoms with Gasteiger partial charge >= 0.3 is 0 Å². The lowest BCUT2D eigenvalue weighted by molar-refractivity contribution is 0.340. The Balaban J connectivity index is 2.16. The summed E-state index contributed by atoms with van der Waals surface area (Å²) < 4.78 is 25.3. The average molecular weight is 334 g/mol. The maximum atomic E-state index is 11.7. The predicted molar refractivity (Wildman–Crippen MR) is 85.5 cm³/mol. The topological polar surface area (TPSA) is 64.0 Å². The van der Waals surface area contributed by atoms with E-state index in [0.717, 1.165) is 37.3 Å². The third-order valence-electron chi connectivity index (χ3n) is 4.31. The highest BCUT2D eigenvalue weighted by molar-refractivity contribution is 7.91. The van der Waals surface area contributed by atoms with Gasteiger partial charge in [-0.25, -0.2) is 8.42 Å². The molecule has 1 N–H and O–H groups in total. The first-order chi connectivity index (χ1) is 9.84. The van der Waals surface area contributed by atoms with Crippen molar-refractivity contribution < 1.29 is 8.42 Å². The largest absolute Gasteiger partial charge is 0.317 e. The van der Waals surface area contributed by atoms with E-state index >= 15 is 0 Å². The Hall–Kier alpha value is -0.590. The summed E-state index contributed by atoms with van der Waals surface area (Å²) in [6.45, 7) is 5.65. The first-order valence-electron chi connectivity index (χ1n) is 7.43. The molecule has 1 aromatic rings. The van der Waals surface area contributed by atoms with E-state index in [1.54, 1.807) is 0 Å². The number of sulfone groups is 1. The van der Waals surface area contributed by atoms with Crippen LogP contribution in [0.1, 0.15) is 24.7 Å². The van der Waals surface area contributed by atoms with Crippen LogP contribution in [-0.4, -0.2) is 42.8 Å². The van der Waals surface area contributed by atoms with E-state index < -0.39 is 9.84 Å². The number of halogens is 1. The third-order valence-corrected chi connectivity index (χ3v) is 6.59. The molecule has 2 rings (SSSR count). The summed E-state index contributed by atoms with van der Waals surface area (Å²) in [6.07, 6.45) is 1.52. The molecule has 0 aromatic carbocycles. The van der Waals surface area contributed by atoms with E-state index in [-0.39, 0.29) is 11.8 Å². The van der Waals surface area contributed by atoms with Gasteiger partial charge in [0, 0.05) is 7.05 Å². The molecule has 0 bridgehead atoms. The molecule has 0 radical (unpaired) electrons. The van der Waals surface area contributed by atoms with Gasteiger partial charge in [0.2, 0.25) is 0 Å². The second-order valence-corrected chi connectivity index (χ2v) is 8.51. The van der Waals surface area contributed by atoms with Crippen LogP contribution in [0.5, 0.6) is 0 Å². The number of aryl methyl sites for hydroxylation is 2. The van der Waals surface area contributed by atoms with Crippen molar-refractivity contribution in [2.24, 2.45) is 18.9 Å². The molecule has 2 unspecified atom stereocenters. The standard InChI is InChI=1S/C14H24ClN3O2S/c1-4-16-8-12(11-5-6-21(19,20)9-11)7-13-14(15)10(2)17-18(13)3/h11-12,16H,4-9H2,1-3H3. The number of nitrogens with zero attached hydrogens (tertiary/aromatic N) is 2. The minimum absolute atomic E-state index is 0.209. The van der Waals surface area contributed by atoms with E-state index in [9.17, 15) is 8.42 Å². The van der Waals surface area contributed by atoms with Crippen LogP contribution < -0.4 is 5.32 Å². The molecule has 21 heavy (non-hydrogen) atoms. The van der Waals surface area contributed by atoms with Crippen LogP contribution >= 0.6 is 11.6 Å². The summed E-state index contributed by atoms with van der Waals surface area (Å²) in [5, 5.41) is 8.40. The van der Waals surface area contributed by atoms with Crippen molar-refractivity contribution in [1.82, 2.24) is 15.1 Å². The molecular formula is C14H24ClN3O2S. The van der Waals surface area contributed by atoms with Crippen LogP contribution in [0.25, 0.3) is 0 Å². The van der Waals surface area contributed by atoms with Gasteiger partial charge in [0.05, 0.1) is 27.9 Å². The zero-order valence-electron chi connectivity index (χ0n) is 12.9. The molecule has 2 atom stereocenters. The molecule has 1 aliphatic heterocycles. The Bertz CT molecular complexity index is 598. The molecule has 120 valence electrons. The van der Waals surface area contributed by atoms with Crippen molar-refractivity contribution in [2.45, 2.75) is 26.7 Å². The fraction of sp³-hybridized carbons (Fsp3) is 0.786. The van der Waals surface area contributed by atoms with Crippen molar-refractivity contribution in [3.8, 4) is 0 Å². The summed E-state index contributed by atoms with van der Waals surface area (Å²) >= 11 is 6.33. The van der Waals surface area contributed by atoms with E-state index in [2.05, 4.69) is 17.3 Å². The second-order valence-electron chi connectivity index (χ2n) is 5.90. The zero-order valence-corrected chi connectivity index (χ0v) is 14.5. The molecule has 1 aromatic heterocycles. The number of rotatable bonds is 6. The van der Waals surface area contributed by atoms with Crippen LogP contribution in [0.4, 0.5) is 0 Å². The Morgan fingerprint density at radius 3 is 2.71 bits per heavy atom. The normalized spacial score (nSPS) is 22.6. The SMILES string of the molecule is CCNCC(Cc1c(Cl)c(C)nn1C)C1CCS(=O)(=O)C1. The van der Waals surface area contributed by atoms with Gasteiger partial charge in [-0.3, -0.25) is 4.68 Å². The molecule has 1 saturated heterocycles. The first kappa shape index (κ1) is 16.8. The Labute approximate surface area is 132 Å². The monoisotopic (exact) mass is 333 g/mol. The van der Waals surface area contributed by atoms with Gasteiger partial charge in [-0.15, -0.1) is 0 Å². The molecule has 0 aliphatic carbocycles. The molecule has 5 nitrogen and oxygen atoms in total. The highest BCUT2D eigenvalue weighted by Gasteiger charge is 2.34. The molecular weight excluding hydrogens is 310 g/mol. The maximum absolute atomic E-state index is 11.7. The van der Waals surface area contributed by atoms with Gasteiger partial charge in [-0.05, 0) is 44.7 Å². The summed E-state index contributed by atoms with van der Waals surface area (Å²) in [5.74, 6) is 1.10. The average Bonchev–Trinajstić information content (AvgIpc) is 2.88. The number of nitrogens with one attached hydrogen (secondary N) is 1. The smallest absolute Gasteiger partial charge is 0.150 e. The summed E-state index contributed by atoms with van der Waals surface area (Å²) in [7, 11) is -0.963. The van der Waals surface area contributed by atoms with Gasteiger partial charge in [0.25, 0.3) is 0 Å². The third kappa shape index (κ3) is 3.99. The Morgan fingerprint density at radius 2 is 2.24 bits per heavy atom. The summed E-state index contributed by atoms with van der Waals surface area (Å²) in [6, 6.07) is 0. The van der Waals surface area contributed by atoms with Gasteiger partial charge < -0.3 is 5.32 Å². The van der Waals surface area contributed by atoms with Crippen LogP contribution in [0.15, 0.2) is 0 Å². The fourth-order valence-corrected chi connectivity index (χ4v) is 5.24. The van der Waals surface area contributed by atoms with Crippen LogP contribution in [0.2, 0.25) is 5.02 Å². The quantitative estimate of drug-likeness (QED) is 0.858. The van der Waals surface area contributed by atoms with Crippen LogP contribution in [0, 0.1) is 18.8 Å². The molecule has 1 fully saturated rings. The highest BCUT2D eigenvalue weighted by atomic mass is 35.5. The number of hydrogen-bond donors (Lipinski definition) is 1. The van der Waals surface area contributed by atoms with E-state index in [1.807, 2.05) is 18.7 Å². The molecule has 0 amide bonds. The Kier molecular flexibility index (Phi) is 5.33. The first-order valence-corrected chi connectivity index (χ1v) is 9.63. The van der Waals surface area contributed by atoms with E-state index in [0.29, 0.717) is 16.5 Å². The van der Waals surface area contributed by atoms with Gasteiger partial charge in [0.1, 0.15) is 0 Å². The van der Waals surface area contributed by atoms with E-state index in [1.165, 1.54) is 0 Å². The molecule has 2 heterocycles. The second kappa shape index (κ2) is 6.67. The summed E-state index contributed by atoms with van der Waals surface area (Å²) in [5.41, 5.74) is 1.83. The van der Waals surface area contributed by atoms with Crippen molar-refractivity contribution in [1.29, 1.82) is 0 Å². The minimum atomic E-state index is -2.86. The zero-order chi connectivity index (χ0) is 15.6.